The molecule has 0 bridgehead atoms. The first-order chi connectivity index (χ1) is 13.6. The highest BCUT2D eigenvalue weighted by atomic mass is 35.5. The molecule has 3 aromatic carbocycles. The molecule has 1 heterocycles. The number of nitrogens with one attached hydrogen (secondary N) is 1. The molecular weight excluding hydrogens is 394 g/mol. The van der Waals surface area contributed by atoms with Gasteiger partial charge in [-0.3, -0.25) is 5.10 Å². The van der Waals surface area contributed by atoms with Crippen molar-refractivity contribution in [1.82, 2.24) is 15.2 Å². The number of carboxylic acid groups (broad SMARTS) is 1. The summed E-state index contributed by atoms with van der Waals surface area (Å²) in [4.78, 5) is 16.1. The Morgan fingerprint density at radius 2 is 1.79 bits per heavy atom. The number of H-pyrrole nitrogens is 1. The fraction of sp³-hybridized carbons (Fsp3) is 0. The van der Waals surface area contributed by atoms with E-state index in [1.807, 2.05) is 54.6 Å². The number of rotatable bonds is 5. The summed E-state index contributed by atoms with van der Waals surface area (Å²) < 4.78 is 0. The van der Waals surface area contributed by atoms with Gasteiger partial charge >= 0.3 is 0 Å². The van der Waals surface area contributed by atoms with E-state index < -0.39 is 5.97 Å². The first kappa shape index (κ1) is 18.3. The van der Waals surface area contributed by atoms with Crippen LogP contribution in [0.5, 0.6) is 0 Å². The number of aromatic amines is 1. The highest BCUT2D eigenvalue weighted by Gasteiger charge is 2.11. The average molecular weight is 407 g/mol. The van der Waals surface area contributed by atoms with Crippen LogP contribution in [0.2, 0.25) is 5.02 Å². The van der Waals surface area contributed by atoms with E-state index in [9.17, 15) is 9.90 Å². The highest BCUT2D eigenvalue weighted by molar-refractivity contribution is 8.04. The standard InChI is InChI=1S/C21H14ClN3O2S/c22-16-10-8-14(9-11-16)19-23-21(25-24-19)28-18(20(26)27)12-15-6-3-5-13-4-1-2-7-17(13)15/h1-12H,(H,26,27)(H,23,24,25)/p-1/b18-12-. The molecule has 0 aliphatic rings. The van der Waals surface area contributed by atoms with Gasteiger partial charge in [-0.05, 0) is 58.4 Å². The zero-order chi connectivity index (χ0) is 19.5. The first-order valence-electron chi connectivity index (χ1n) is 8.37. The van der Waals surface area contributed by atoms with Crippen molar-refractivity contribution in [2.45, 2.75) is 5.16 Å². The monoisotopic (exact) mass is 406 g/mol. The van der Waals surface area contributed by atoms with Crippen molar-refractivity contribution in [1.29, 1.82) is 0 Å². The van der Waals surface area contributed by atoms with Gasteiger partial charge in [0.2, 0.25) is 5.16 Å². The maximum absolute atomic E-state index is 11.7. The Morgan fingerprint density at radius 3 is 2.57 bits per heavy atom. The third-order valence-electron chi connectivity index (χ3n) is 4.09. The smallest absolute Gasteiger partial charge is 0.213 e. The van der Waals surface area contributed by atoms with Crippen LogP contribution in [-0.4, -0.2) is 21.2 Å². The van der Waals surface area contributed by atoms with Crippen molar-refractivity contribution in [3.63, 3.8) is 0 Å². The summed E-state index contributed by atoms with van der Waals surface area (Å²) in [5.41, 5.74) is 1.59. The molecule has 28 heavy (non-hydrogen) atoms. The number of carbonyl (C=O) groups is 1. The Morgan fingerprint density at radius 1 is 1.04 bits per heavy atom. The van der Waals surface area contributed by atoms with E-state index in [0.29, 0.717) is 16.0 Å². The zero-order valence-corrected chi connectivity index (χ0v) is 16.0. The molecule has 0 aliphatic carbocycles. The van der Waals surface area contributed by atoms with E-state index in [2.05, 4.69) is 15.2 Å². The van der Waals surface area contributed by atoms with Crippen LogP contribution >= 0.6 is 23.4 Å². The van der Waals surface area contributed by atoms with Gasteiger partial charge in [0.15, 0.2) is 5.82 Å². The summed E-state index contributed by atoms with van der Waals surface area (Å²) in [5.74, 6) is -0.752. The van der Waals surface area contributed by atoms with E-state index in [1.165, 1.54) is 0 Å². The summed E-state index contributed by atoms with van der Waals surface area (Å²) in [6.07, 6.45) is 1.58. The van der Waals surface area contributed by atoms with Crippen LogP contribution in [0, 0.1) is 0 Å². The van der Waals surface area contributed by atoms with E-state index >= 15 is 0 Å². The van der Waals surface area contributed by atoms with E-state index in [-0.39, 0.29) is 4.91 Å². The van der Waals surface area contributed by atoms with Gasteiger partial charge in [0.05, 0.1) is 5.97 Å². The van der Waals surface area contributed by atoms with E-state index in [4.69, 9.17) is 11.6 Å². The van der Waals surface area contributed by atoms with E-state index in [1.54, 1.807) is 18.2 Å². The number of carbonyl (C=O) groups excluding carboxylic acids is 1. The molecule has 1 aromatic heterocycles. The van der Waals surface area contributed by atoms with Gasteiger partial charge in [0.25, 0.3) is 0 Å². The predicted molar refractivity (Wildman–Crippen MR) is 110 cm³/mol. The lowest BCUT2D eigenvalue weighted by atomic mass is 10.0. The molecule has 0 atom stereocenters. The summed E-state index contributed by atoms with van der Waals surface area (Å²) in [6.45, 7) is 0. The maximum Gasteiger partial charge on any atom is 0.213 e. The zero-order valence-electron chi connectivity index (χ0n) is 14.4. The van der Waals surface area contributed by atoms with Gasteiger partial charge < -0.3 is 9.90 Å². The minimum atomic E-state index is -1.28. The number of nitrogens with zero attached hydrogens (tertiary/aromatic N) is 2. The van der Waals surface area contributed by atoms with Gasteiger partial charge in [-0.1, -0.05) is 54.1 Å². The normalized spacial score (nSPS) is 11.7. The molecule has 0 fully saturated rings. The Balaban J connectivity index is 1.65. The van der Waals surface area contributed by atoms with Crippen LogP contribution in [0.4, 0.5) is 0 Å². The van der Waals surface area contributed by atoms with Gasteiger partial charge in [0, 0.05) is 15.5 Å². The highest BCUT2D eigenvalue weighted by Crippen LogP contribution is 2.29. The van der Waals surface area contributed by atoms with Gasteiger partial charge in [-0.15, -0.1) is 5.10 Å². The summed E-state index contributed by atoms with van der Waals surface area (Å²) in [7, 11) is 0. The number of benzene rings is 3. The fourth-order valence-electron chi connectivity index (χ4n) is 2.77. The topological polar surface area (TPSA) is 81.7 Å². The molecule has 4 rings (SSSR count). The second kappa shape index (κ2) is 7.88. The Labute approximate surface area is 170 Å². The van der Waals surface area contributed by atoms with Crippen LogP contribution in [0.1, 0.15) is 5.56 Å². The molecule has 138 valence electrons. The largest absolute Gasteiger partial charge is 0.544 e. The number of aliphatic carboxylic acids is 1. The van der Waals surface area contributed by atoms with Crippen LogP contribution in [0.25, 0.3) is 28.2 Å². The van der Waals surface area contributed by atoms with Crippen LogP contribution in [0.3, 0.4) is 0 Å². The Hall–Kier alpha value is -3.09. The summed E-state index contributed by atoms with van der Waals surface area (Å²) in [6, 6.07) is 20.6. The average Bonchev–Trinajstić information content (AvgIpc) is 3.17. The molecule has 1 N–H and O–H groups in total. The molecule has 0 unspecified atom stereocenters. The third-order valence-corrected chi connectivity index (χ3v) is 5.22. The second-order valence-electron chi connectivity index (χ2n) is 5.94. The molecule has 0 saturated carbocycles. The van der Waals surface area contributed by atoms with Crippen molar-refractivity contribution < 1.29 is 9.90 Å². The van der Waals surface area contributed by atoms with Gasteiger partial charge in [0.1, 0.15) is 0 Å². The molecule has 5 nitrogen and oxygen atoms in total. The van der Waals surface area contributed by atoms with Crippen molar-refractivity contribution >= 4 is 46.2 Å². The molecule has 0 saturated heterocycles. The lowest BCUT2D eigenvalue weighted by molar-refractivity contribution is -0.297. The van der Waals surface area contributed by atoms with Gasteiger partial charge in [-0.25, -0.2) is 4.98 Å². The molecule has 0 aliphatic heterocycles. The molecule has 4 aromatic rings. The number of hydrogen-bond acceptors (Lipinski definition) is 5. The lowest BCUT2D eigenvalue weighted by Crippen LogP contribution is -2.23. The molecule has 0 amide bonds. The SMILES string of the molecule is O=C([O-])/C(=C/c1cccc2ccccc12)Sc1n[nH]c(-c2ccc(Cl)cc2)n1. The van der Waals surface area contributed by atoms with Crippen molar-refractivity contribution in [2.24, 2.45) is 0 Å². The molecule has 0 radical (unpaired) electrons. The summed E-state index contributed by atoms with van der Waals surface area (Å²) in [5, 5.41) is 21.5. The minimum absolute atomic E-state index is 0.0259. The third kappa shape index (κ3) is 3.93. The number of hydrogen-bond donors (Lipinski definition) is 1. The van der Waals surface area contributed by atoms with Crippen molar-refractivity contribution in [2.75, 3.05) is 0 Å². The Bertz CT molecular complexity index is 1180. The number of carboxylic acids is 1. The number of thioether (sulfide) groups is 1. The van der Waals surface area contributed by atoms with Crippen LogP contribution in [-0.2, 0) is 4.79 Å². The summed E-state index contributed by atoms with van der Waals surface area (Å²) >= 11 is 6.83. The Kier molecular flexibility index (Phi) is 5.14. The second-order valence-corrected chi connectivity index (χ2v) is 7.39. The number of fused-ring (bicyclic) bond motifs is 1. The van der Waals surface area contributed by atoms with Crippen molar-refractivity contribution in [3.8, 4) is 11.4 Å². The molecular formula is C21H13ClN3O2S-. The van der Waals surface area contributed by atoms with Crippen LogP contribution in [0.15, 0.2) is 76.8 Å². The molecule has 0 spiro atoms. The van der Waals surface area contributed by atoms with Crippen LogP contribution < -0.4 is 5.11 Å². The quantitative estimate of drug-likeness (QED) is 0.397. The first-order valence-corrected chi connectivity index (χ1v) is 9.56. The van der Waals surface area contributed by atoms with Gasteiger partial charge in [-0.2, -0.15) is 0 Å². The maximum atomic E-state index is 11.7. The lowest BCUT2D eigenvalue weighted by Gasteiger charge is -2.08. The molecule has 7 heteroatoms. The fourth-order valence-corrected chi connectivity index (χ4v) is 3.60. The van der Waals surface area contributed by atoms with Crippen molar-refractivity contribution in [3.05, 3.63) is 82.2 Å². The number of halogens is 1. The predicted octanol–water partition coefficient (Wildman–Crippen LogP) is 4.16. The minimum Gasteiger partial charge on any atom is -0.544 e. The van der Waals surface area contributed by atoms with E-state index in [0.717, 1.165) is 33.7 Å². The number of aromatic nitrogens is 3.